The van der Waals surface area contributed by atoms with Gasteiger partial charge in [0.1, 0.15) is 18.0 Å². The molecule has 1 heterocycles. The Morgan fingerprint density at radius 2 is 2.00 bits per heavy atom. The summed E-state index contributed by atoms with van der Waals surface area (Å²) in [6.45, 7) is 0.236. The van der Waals surface area contributed by atoms with Crippen LogP contribution in [-0.2, 0) is 17.9 Å². The van der Waals surface area contributed by atoms with Crippen LogP contribution in [0.1, 0.15) is 18.4 Å². The van der Waals surface area contributed by atoms with Gasteiger partial charge >= 0.3 is 5.69 Å². The zero-order chi connectivity index (χ0) is 18.7. The average molecular weight is 359 g/mol. The fourth-order valence-corrected chi connectivity index (χ4v) is 2.80. The average Bonchev–Trinajstić information content (AvgIpc) is 3.46. The van der Waals surface area contributed by atoms with Crippen molar-refractivity contribution in [2.24, 2.45) is 0 Å². The Kier molecular flexibility index (Phi) is 5.11. The molecular formula is C18H21N3O5. The maximum absolute atomic E-state index is 12.8. The monoisotopic (exact) mass is 359 g/mol. The number of methoxy groups -OCH3 is 2. The third-order valence-electron chi connectivity index (χ3n) is 4.34. The summed E-state index contributed by atoms with van der Waals surface area (Å²) in [5.41, 5.74) is -0.250. The van der Waals surface area contributed by atoms with Gasteiger partial charge < -0.3 is 14.4 Å². The van der Waals surface area contributed by atoms with Crippen molar-refractivity contribution in [1.29, 1.82) is 0 Å². The van der Waals surface area contributed by atoms with E-state index in [9.17, 15) is 14.4 Å². The Morgan fingerprint density at radius 3 is 2.62 bits per heavy atom. The van der Waals surface area contributed by atoms with E-state index in [4.69, 9.17) is 9.47 Å². The highest BCUT2D eigenvalue weighted by Gasteiger charge is 2.33. The highest BCUT2D eigenvalue weighted by molar-refractivity contribution is 5.76. The van der Waals surface area contributed by atoms with Crippen LogP contribution in [0.5, 0.6) is 11.5 Å². The van der Waals surface area contributed by atoms with Crippen molar-refractivity contribution in [3.05, 3.63) is 56.9 Å². The second kappa shape index (κ2) is 7.47. The molecule has 8 heteroatoms. The standard InChI is InChI=1S/C18H21N3O5/c1-25-14-5-6-15(26-2)12(9-14)10-21(13-3-4-13)17(23)11-20-8-7-16(22)19-18(20)24/h5-9,13H,3-4,10-11H2,1-2H3,(H,19,22,24). The lowest BCUT2D eigenvalue weighted by molar-refractivity contribution is -0.133. The van der Waals surface area contributed by atoms with E-state index in [0.29, 0.717) is 18.0 Å². The molecule has 0 unspecified atom stereocenters. The Labute approximate surface area is 150 Å². The fraction of sp³-hybridized carbons (Fsp3) is 0.389. The molecule has 0 radical (unpaired) electrons. The molecule has 8 nitrogen and oxygen atoms in total. The number of carbonyl (C=O) groups is 1. The molecule has 3 rings (SSSR count). The highest BCUT2D eigenvalue weighted by Crippen LogP contribution is 2.32. The predicted molar refractivity (Wildman–Crippen MR) is 94.4 cm³/mol. The molecule has 1 aromatic carbocycles. The van der Waals surface area contributed by atoms with Crippen LogP contribution in [0.15, 0.2) is 40.1 Å². The summed E-state index contributed by atoms with van der Waals surface area (Å²) in [4.78, 5) is 39.7. The Bertz CT molecular complexity index is 914. The fourth-order valence-electron chi connectivity index (χ4n) is 2.80. The Hall–Kier alpha value is -3.03. The van der Waals surface area contributed by atoms with Gasteiger partial charge in [-0.2, -0.15) is 0 Å². The number of amides is 1. The SMILES string of the molecule is COc1ccc(OC)c(CN(C(=O)Cn2ccc(=O)[nH]c2=O)C2CC2)c1. The zero-order valence-electron chi connectivity index (χ0n) is 14.7. The number of nitrogens with one attached hydrogen (secondary N) is 1. The molecule has 1 saturated carbocycles. The lowest BCUT2D eigenvalue weighted by Crippen LogP contribution is -2.39. The summed E-state index contributed by atoms with van der Waals surface area (Å²) in [5, 5.41) is 0. The van der Waals surface area contributed by atoms with Gasteiger partial charge in [0.25, 0.3) is 5.56 Å². The number of ether oxygens (including phenoxy) is 2. The molecule has 0 bridgehead atoms. The van der Waals surface area contributed by atoms with Gasteiger partial charge in [0, 0.05) is 30.4 Å². The summed E-state index contributed by atoms with van der Waals surface area (Å²) in [7, 11) is 3.16. The smallest absolute Gasteiger partial charge is 0.328 e. The Balaban J connectivity index is 1.82. The van der Waals surface area contributed by atoms with Crippen LogP contribution in [0.25, 0.3) is 0 Å². The maximum atomic E-state index is 12.8. The molecule has 1 N–H and O–H groups in total. The molecule has 1 fully saturated rings. The summed E-state index contributed by atoms with van der Waals surface area (Å²) >= 11 is 0. The number of aromatic amines is 1. The van der Waals surface area contributed by atoms with Gasteiger partial charge in [-0.25, -0.2) is 4.79 Å². The number of benzene rings is 1. The lowest BCUT2D eigenvalue weighted by atomic mass is 10.1. The van der Waals surface area contributed by atoms with Gasteiger partial charge in [-0.3, -0.25) is 19.1 Å². The first-order valence-corrected chi connectivity index (χ1v) is 8.32. The van der Waals surface area contributed by atoms with Crippen LogP contribution in [0.2, 0.25) is 0 Å². The lowest BCUT2D eigenvalue weighted by Gasteiger charge is -2.24. The minimum atomic E-state index is -0.597. The van der Waals surface area contributed by atoms with Gasteiger partial charge in [0.15, 0.2) is 0 Å². The minimum Gasteiger partial charge on any atom is -0.497 e. The van der Waals surface area contributed by atoms with E-state index in [1.165, 1.54) is 16.8 Å². The molecule has 138 valence electrons. The van der Waals surface area contributed by atoms with E-state index in [1.807, 2.05) is 6.07 Å². The van der Waals surface area contributed by atoms with Gasteiger partial charge in [0.05, 0.1) is 14.2 Å². The second-order valence-electron chi connectivity index (χ2n) is 6.17. The molecule has 1 aliphatic rings. The summed E-state index contributed by atoms with van der Waals surface area (Å²) < 4.78 is 11.8. The maximum Gasteiger partial charge on any atom is 0.328 e. The van der Waals surface area contributed by atoms with Crippen LogP contribution in [0.3, 0.4) is 0 Å². The van der Waals surface area contributed by atoms with Gasteiger partial charge in [-0.15, -0.1) is 0 Å². The van der Waals surface area contributed by atoms with Crippen molar-refractivity contribution in [3.8, 4) is 11.5 Å². The molecule has 0 spiro atoms. The van der Waals surface area contributed by atoms with E-state index in [-0.39, 0.29) is 18.5 Å². The number of H-pyrrole nitrogens is 1. The van der Waals surface area contributed by atoms with Crippen LogP contribution >= 0.6 is 0 Å². The van der Waals surface area contributed by atoms with E-state index in [0.717, 1.165) is 18.4 Å². The molecule has 1 amide bonds. The molecule has 0 saturated heterocycles. The van der Waals surface area contributed by atoms with E-state index in [1.54, 1.807) is 31.3 Å². The molecule has 0 aliphatic heterocycles. The summed E-state index contributed by atoms with van der Waals surface area (Å²) in [6.07, 6.45) is 3.19. The predicted octanol–water partition coefficient (Wildman–Crippen LogP) is 0.745. The summed E-state index contributed by atoms with van der Waals surface area (Å²) in [5.74, 6) is 1.16. The first kappa shape index (κ1) is 17.8. The first-order valence-electron chi connectivity index (χ1n) is 8.32. The number of rotatable bonds is 7. The molecule has 0 atom stereocenters. The van der Waals surface area contributed by atoms with Crippen molar-refractivity contribution in [2.45, 2.75) is 32.0 Å². The topological polar surface area (TPSA) is 93.6 Å². The minimum absolute atomic E-state index is 0.127. The molecule has 2 aromatic rings. The molecule has 26 heavy (non-hydrogen) atoms. The normalized spacial score (nSPS) is 13.3. The van der Waals surface area contributed by atoms with Crippen LogP contribution < -0.4 is 20.7 Å². The quantitative estimate of drug-likeness (QED) is 0.787. The van der Waals surface area contributed by atoms with Gasteiger partial charge in [-0.1, -0.05) is 0 Å². The van der Waals surface area contributed by atoms with Crippen molar-refractivity contribution in [1.82, 2.24) is 14.5 Å². The van der Waals surface area contributed by atoms with Crippen LogP contribution in [-0.4, -0.2) is 40.6 Å². The Morgan fingerprint density at radius 1 is 1.23 bits per heavy atom. The number of hydrogen-bond acceptors (Lipinski definition) is 5. The van der Waals surface area contributed by atoms with Crippen molar-refractivity contribution in [2.75, 3.05) is 14.2 Å². The summed E-state index contributed by atoms with van der Waals surface area (Å²) in [6, 6.07) is 6.81. The number of nitrogens with zero attached hydrogens (tertiary/aromatic N) is 2. The third kappa shape index (κ3) is 3.96. The molecule has 1 aromatic heterocycles. The largest absolute Gasteiger partial charge is 0.497 e. The number of aromatic nitrogens is 2. The van der Waals surface area contributed by atoms with Crippen molar-refractivity contribution < 1.29 is 14.3 Å². The van der Waals surface area contributed by atoms with Gasteiger partial charge in [-0.05, 0) is 31.0 Å². The second-order valence-corrected chi connectivity index (χ2v) is 6.17. The highest BCUT2D eigenvalue weighted by atomic mass is 16.5. The van der Waals surface area contributed by atoms with Crippen molar-refractivity contribution in [3.63, 3.8) is 0 Å². The molecule has 1 aliphatic carbocycles. The van der Waals surface area contributed by atoms with Crippen molar-refractivity contribution >= 4 is 5.91 Å². The van der Waals surface area contributed by atoms with Gasteiger partial charge in [0.2, 0.25) is 5.91 Å². The van der Waals surface area contributed by atoms with E-state index in [2.05, 4.69) is 4.98 Å². The third-order valence-corrected chi connectivity index (χ3v) is 4.34. The van der Waals surface area contributed by atoms with E-state index < -0.39 is 11.2 Å². The van der Waals surface area contributed by atoms with Crippen LogP contribution in [0, 0.1) is 0 Å². The van der Waals surface area contributed by atoms with E-state index >= 15 is 0 Å². The zero-order valence-corrected chi connectivity index (χ0v) is 14.7. The number of carbonyl (C=O) groups excluding carboxylic acids is 1. The first-order chi connectivity index (χ1) is 12.5. The molecular weight excluding hydrogens is 338 g/mol. The number of hydrogen-bond donors (Lipinski definition) is 1. The van der Waals surface area contributed by atoms with Crippen LogP contribution in [0.4, 0.5) is 0 Å².